The van der Waals surface area contributed by atoms with Crippen LogP contribution in [0.2, 0.25) is 0 Å². The third-order valence-corrected chi connectivity index (χ3v) is 6.76. The molecule has 0 aromatic heterocycles. The molecule has 0 fully saturated rings. The van der Waals surface area contributed by atoms with E-state index in [9.17, 15) is 18.0 Å². The van der Waals surface area contributed by atoms with E-state index in [0.29, 0.717) is 11.4 Å². The number of hydrogen-bond acceptors (Lipinski definition) is 5. The molecule has 2 amide bonds. The Hall–Kier alpha value is -3.07. The average molecular weight is 490 g/mol. The minimum atomic E-state index is -3.75. The number of rotatable bonds is 11. The Bertz CT molecular complexity index is 1100. The molecule has 0 saturated heterocycles. The van der Waals surface area contributed by atoms with Crippen LogP contribution in [0.5, 0.6) is 5.75 Å². The summed E-state index contributed by atoms with van der Waals surface area (Å²) in [4.78, 5) is 27.8. The molecule has 0 spiro atoms. The third-order valence-electron chi connectivity index (χ3n) is 5.62. The molecule has 0 aliphatic heterocycles. The van der Waals surface area contributed by atoms with Gasteiger partial charge in [0, 0.05) is 12.6 Å². The van der Waals surface area contributed by atoms with Crippen molar-refractivity contribution in [2.45, 2.75) is 52.7 Å². The van der Waals surface area contributed by atoms with Gasteiger partial charge in [0.05, 0.1) is 19.1 Å². The fourth-order valence-corrected chi connectivity index (χ4v) is 4.25. The number of ether oxygens (including phenoxy) is 1. The number of nitrogens with one attached hydrogen (secondary N) is 1. The number of hydrogen-bond donors (Lipinski definition) is 1. The smallest absolute Gasteiger partial charge is 0.244 e. The van der Waals surface area contributed by atoms with Gasteiger partial charge >= 0.3 is 0 Å². The van der Waals surface area contributed by atoms with Crippen LogP contribution in [0.1, 0.15) is 38.3 Å². The molecule has 0 heterocycles. The standard InChI is InChI=1S/C25H35N3O5S/c1-7-19(3)26-25(30)20(4)27(16-21-11-9-13-23(15-21)33-5)24(29)17-28(34(6,31)32)22-12-8-10-18(2)14-22/h8-15,19-20H,7,16-17H2,1-6H3,(H,26,30)/t19-,20-/m0/s1. The molecule has 8 nitrogen and oxygen atoms in total. The third kappa shape index (κ3) is 7.48. The number of benzene rings is 2. The second kappa shape index (κ2) is 11.9. The van der Waals surface area contributed by atoms with Gasteiger partial charge in [-0.05, 0) is 62.6 Å². The molecule has 2 aromatic rings. The summed E-state index contributed by atoms with van der Waals surface area (Å²) in [7, 11) is -2.20. The van der Waals surface area contributed by atoms with E-state index in [-0.39, 0.29) is 18.5 Å². The Labute approximate surface area is 202 Å². The summed E-state index contributed by atoms with van der Waals surface area (Å²) in [6.07, 6.45) is 1.81. The molecule has 34 heavy (non-hydrogen) atoms. The Balaban J connectivity index is 2.40. The van der Waals surface area contributed by atoms with E-state index in [1.54, 1.807) is 50.4 Å². The lowest BCUT2D eigenvalue weighted by molar-refractivity contribution is -0.139. The number of aryl methyl sites for hydroxylation is 1. The first-order valence-electron chi connectivity index (χ1n) is 11.2. The maximum Gasteiger partial charge on any atom is 0.244 e. The molecular weight excluding hydrogens is 454 g/mol. The van der Waals surface area contributed by atoms with Crippen LogP contribution in [-0.2, 0) is 26.2 Å². The van der Waals surface area contributed by atoms with Crippen LogP contribution in [-0.4, -0.2) is 57.1 Å². The van der Waals surface area contributed by atoms with Gasteiger partial charge in [0.15, 0.2) is 0 Å². The zero-order valence-electron chi connectivity index (χ0n) is 20.7. The van der Waals surface area contributed by atoms with Crippen molar-refractivity contribution in [2.24, 2.45) is 0 Å². The maximum atomic E-state index is 13.5. The van der Waals surface area contributed by atoms with Crippen LogP contribution in [0, 0.1) is 6.92 Å². The van der Waals surface area contributed by atoms with E-state index in [1.165, 1.54) is 4.90 Å². The summed E-state index contributed by atoms with van der Waals surface area (Å²) in [6, 6.07) is 13.3. The molecule has 0 bridgehead atoms. The normalized spacial score (nSPS) is 13.0. The fourth-order valence-electron chi connectivity index (χ4n) is 3.41. The lowest BCUT2D eigenvalue weighted by Gasteiger charge is -2.32. The Kier molecular flexibility index (Phi) is 9.49. The largest absolute Gasteiger partial charge is 0.497 e. The van der Waals surface area contributed by atoms with Crippen LogP contribution >= 0.6 is 0 Å². The number of anilines is 1. The minimum Gasteiger partial charge on any atom is -0.497 e. The molecule has 0 radical (unpaired) electrons. The monoisotopic (exact) mass is 489 g/mol. The number of carbonyl (C=O) groups is 2. The van der Waals surface area contributed by atoms with Crippen LogP contribution in [0.25, 0.3) is 0 Å². The summed E-state index contributed by atoms with van der Waals surface area (Å²) in [5.74, 6) is -0.159. The molecule has 1 N–H and O–H groups in total. The van der Waals surface area contributed by atoms with Gasteiger partial charge in [-0.2, -0.15) is 0 Å². The maximum absolute atomic E-state index is 13.5. The molecule has 0 unspecified atom stereocenters. The second-order valence-corrected chi connectivity index (χ2v) is 10.4. The topological polar surface area (TPSA) is 96.0 Å². The van der Waals surface area contributed by atoms with Crippen molar-refractivity contribution in [2.75, 3.05) is 24.2 Å². The van der Waals surface area contributed by atoms with Crippen molar-refractivity contribution in [3.05, 3.63) is 59.7 Å². The molecule has 2 aromatic carbocycles. The van der Waals surface area contributed by atoms with Crippen molar-refractivity contribution < 1.29 is 22.7 Å². The number of carbonyl (C=O) groups excluding carboxylic acids is 2. The quantitative estimate of drug-likeness (QED) is 0.523. The second-order valence-electron chi connectivity index (χ2n) is 8.48. The summed E-state index contributed by atoms with van der Waals surface area (Å²) in [5, 5.41) is 2.91. The zero-order valence-corrected chi connectivity index (χ0v) is 21.6. The first-order valence-corrected chi connectivity index (χ1v) is 13.1. The van der Waals surface area contributed by atoms with E-state index in [1.807, 2.05) is 32.9 Å². The van der Waals surface area contributed by atoms with Gasteiger partial charge in [0.25, 0.3) is 0 Å². The van der Waals surface area contributed by atoms with E-state index >= 15 is 0 Å². The van der Waals surface area contributed by atoms with E-state index in [4.69, 9.17) is 4.74 Å². The molecule has 186 valence electrons. The lowest BCUT2D eigenvalue weighted by Crippen LogP contribution is -2.52. The highest BCUT2D eigenvalue weighted by Gasteiger charge is 2.30. The molecule has 0 saturated carbocycles. The van der Waals surface area contributed by atoms with Gasteiger partial charge in [0.1, 0.15) is 18.3 Å². The highest BCUT2D eigenvalue weighted by atomic mass is 32.2. The van der Waals surface area contributed by atoms with E-state index in [2.05, 4.69) is 5.32 Å². The van der Waals surface area contributed by atoms with Crippen LogP contribution in [0.15, 0.2) is 48.5 Å². The molecule has 9 heteroatoms. The van der Waals surface area contributed by atoms with E-state index < -0.39 is 28.5 Å². The van der Waals surface area contributed by atoms with Gasteiger partial charge in [-0.3, -0.25) is 13.9 Å². The van der Waals surface area contributed by atoms with Gasteiger partial charge in [-0.1, -0.05) is 31.2 Å². The van der Waals surface area contributed by atoms with Crippen LogP contribution in [0.3, 0.4) is 0 Å². The van der Waals surface area contributed by atoms with Gasteiger partial charge in [0.2, 0.25) is 21.8 Å². The summed E-state index contributed by atoms with van der Waals surface area (Å²) >= 11 is 0. The van der Waals surface area contributed by atoms with Crippen molar-refractivity contribution in [3.8, 4) is 5.75 Å². The van der Waals surface area contributed by atoms with Gasteiger partial charge in [-0.15, -0.1) is 0 Å². The first-order chi connectivity index (χ1) is 16.0. The molecule has 2 rings (SSSR count). The van der Waals surface area contributed by atoms with Crippen molar-refractivity contribution in [1.29, 1.82) is 0 Å². The van der Waals surface area contributed by atoms with Crippen molar-refractivity contribution >= 4 is 27.5 Å². The Morgan fingerprint density at radius 3 is 2.35 bits per heavy atom. The number of sulfonamides is 1. The summed E-state index contributed by atoms with van der Waals surface area (Å²) < 4.78 is 31.5. The fraction of sp³-hybridized carbons (Fsp3) is 0.440. The van der Waals surface area contributed by atoms with Crippen LogP contribution < -0.4 is 14.4 Å². The van der Waals surface area contributed by atoms with E-state index in [0.717, 1.165) is 28.1 Å². The molecule has 0 aliphatic carbocycles. The zero-order chi connectivity index (χ0) is 25.5. The molecule has 2 atom stereocenters. The lowest BCUT2D eigenvalue weighted by atomic mass is 10.1. The number of methoxy groups -OCH3 is 1. The predicted molar refractivity (Wildman–Crippen MR) is 134 cm³/mol. The average Bonchev–Trinajstić information content (AvgIpc) is 2.79. The predicted octanol–water partition coefficient (Wildman–Crippen LogP) is 3.10. The van der Waals surface area contributed by atoms with Crippen LogP contribution in [0.4, 0.5) is 5.69 Å². The first kappa shape index (κ1) is 27.2. The SMILES string of the molecule is CC[C@H](C)NC(=O)[C@H](C)N(Cc1cccc(OC)c1)C(=O)CN(c1cccc(C)c1)S(C)(=O)=O. The summed E-state index contributed by atoms with van der Waals surface area (Å²) in [5.41, 5.74) is 2.03. The highest BCUT2D eigenvalue weighted by molar-refractivity contribution is 7.92. The van der Waals surface area contributed by atoms with Crippen molar-refractivity contribution in [3.63, 3.8) is 0 Å². The summed E-state index contributed by atoms with van der Waals surface area (Å²) in [6.45, 7) is 7.04. The van der Waals surface area contributed by atoms with Gasteiger partial charge in [-0.25, -0.2) is 8.42 Å². The molecular formula is C25H35N3O5S. The minimum absolute atomic E-state index is 0.0523. The highest BCUT2D eigenvalue weighted by Crippen LogP contribution is 2.21. The number of amides is 2. The van der Waals surface area contributed by atoms with Gasteiger partial charge < -0.3 is 15.0 Å². The molecule has 0 aliphatic rings. The van der Waals surface area contributed by atoms with Crippen molar-refractivity contribution in [1.82, 2.24) is 10.2 Å². The Morgan fingerprint density at radius 2 is 1.76 bits per heavy atom. The number of nitrogens with zero attached hydrogens (tertiary/aromatic N) is 2. The Morgan fingerprint density at radius 1 is 1.09 bits per heavy atom.